The van der Waals surface area contributed by atoms with Crippen LogP contribution in [0.4, 0.5) is 0 Å². The quantitative estimate of drug-likeness (QED) is 0.859. The Hall–Kier alpha value is -1.75. The van der Waals surface area contributed by atoms with Crippen molar-refractivity contribution >= 4 is 17.7 Å². The third kappa shape index (κ3) is 3.22. The van der Waals surface area contributed by atoms with Gasteiger partial charge in [-0.25, -0.2) is 4.98 Å². The van der Waals surface area contributed by atoms with Crippen molar-refractivity contribution in [3.63, 3.8) is 0 Å². The molecule has 106 valence electrons. The van der Waals surface area contributed by atoms with Gasteiger partial charge in [-0.2, -0.15) is 0 Å². The smallest absolute Gasteiger partial charge is 0.313 e. The summed E-state index contributed by atoms with van der Waals surface area (Å²) in [4.78, 5) is 15.1. The summed E-state index contributed by atoms with van der Waals surface area (Å²) in [7, 11) is 0. The number of carboxylic acid groups (broad SMARTS) is 1. The van der Waals surface area contributed by atoms with E-state index in [9.17, 15) is 4.79 Å². The van der Waals surface area contributed by atoms with Gasteiger partial charge < -0.3 is 5.11 Å². The first-order chi connectivity index (χ1) is 9.51. The van der Waals surface area contributed by atoms with Crippen LogP contribution in [0.3, 0.4) is 0 Å². The van der Waals surface area contributed by atoms with Crippen molar-refractivity contribution < 1.29 is 9.90 Å². The molecule has 0 spiro atoms. The third-order valence-electron chi connectivity index (χ3n) is 2.95. The maximum Gasteiger partial charge on any atom is 0.313 e. The van der Waals surface area contributed by atoms with Crippen LogP contribution in [0.15, 0.2) is 29.6 Å². The fourth-order valence-electron chi connectivity index (χ4n) is 2.20. The van der Waals surface area contributed by atoms with Gasteiger partial charge in [0.25, 0.3) is 0 Å². The van der Waals surface area contributed by atoms with Crippen LogP contribution in [0.1, 0.15) is 23.7 Å². The highest BCUT2D eigenvalue weighted by Crippen LogP contribution is 2.25. The first-order valence-electron chi connectivity index (χ1n) is 6.51. The molecule has 0 saturated carbocycles. The van der Waals surface area contributed by atoms with E-state index >= 15 is 0 Å². The minimum absolute atomic E-state index is 0.0188. The third-order valence-corrected chi connectivity index (χ3v) is 3.89. The second-order valence-electron chi connectivity index (χ2n) is 4.75. The van der Waals surface area contributed by atoms with Gasteiger partial charge in [-0.05, 0) is 43.5 Å². The van der Waals surface area contributed by atoms with E-state index in [0.29, 0.717) is 0 Å². The number of rotatable bonds is 5. The number of carbonyl (C=O) groups is 1. The lowest BCUT2D eigenvalue weighted by molar-refractivity contribution is -0.133. The lowest BCUT2D eigenvalue weighted by Gasteiger charge is -2.12. The zero-order valence-corrected chi connectivity index (χ0v) is 12.7. The van der Waals surface area contributed by atoms with Crippen LogP contribution >= 0.6 is 11.8 Å². The van der Waals surface area contributed by atoms with Crippen molar-refractivity contribution in [1.82, 2.24) is 9.55 Å². The molecule has 0 aliphatic rings. The van der Waals surface area contributed by atoms with Gasteiger partial charge in [0.1, 0.15) is 0 Å². The standard InChI is InChI=1S/C15H18N2O2S/c1-4-12-8-16-15(20-9-14(18)19)17(12)13-6-10(2)5-11(3)7-13/h5-8H,4,9H2,1-3H3,(H,18,19). The molecule has 0 aliphatic carbocycles. The number of benzene rings is 1. The van der Waals surface area contributed by atoms with Crippen LogP contribution in [0.5, 0.6) is 0 Å². The maximum atomic E-state index is 10.7. The zero-order chi connectivity index (χ0) is 14.7. The molecule has 1 heterocycles. The number of thioether (sulfide) groups is 1. The zero-order valence-electron chi connectivity index (χ0n) is 11.9. The molecule has 1 aromatic carbocycles. The second kappa shape index (κ2) is 6.13. The Morgan fingerprint density at radius 3 is 2.50 bits per heavy atom. The number of nitrogens with zero attached hydrogens (tertiary/aromatic N) is 2. The molecule has 2 rings (SSSR count). The van der Waals surface area contributed by atoms with E-state index in [1.807, 2.05) is 10.8 Å². The summed E-state index contributed by atoms with van der Waals surface area (Å²) in [5.41, 5.74) is 4.50. The molecule has 1 N–H and O–H groups in total. The monoisotopic (exact) mass is 290 g/mol. The molecule has 0 amide bonds. The number of imidazole rings is 1. The Labute approximate surface area is 122 Å². The summed E-state index contributed by atoms with van der Waals surface area (Å²) >= 11 is 1.25. The van der Waals surface area contributed by atoms with Crippen molar-refractivity contribution in [3.05, 3.63) is 41.2 Å². The second-order valence-corrected chi connectivity index (χ2v) is 5.69. The Morgan fingerprint density at radius 1 is 1.30 bits per heavy atom. The summed E-state index contributed by atoms with van der Waals surface area (Å²) in [6, 6.07) is 6.31. The molecule has 0 radical (unpaired) electrons. The molecular weight excluding hydrogens is 272 g/mol. The molecule has 0 unspecified atom stereocenters. The van der Waals surface area contributed by atoms with Crippen LogP contribution in [0.25, 0.3) is 5.69 Å². The van der Waals surface area contributed by atoms with Crippen LogP contribution in [-0.2, 0) is 11.2 Å². The van der Waals surface area contributed by atoms with Crippen molar-refractivity contribution in [1.29, 1.82) is 0 Å². The molecule has 0 aliphatic heterocycles. The van der Waals surface area contributed by atoms with E-state index < -0.39 is 5.97 Å². The van der Waals surface area contributed by atoms with Gasteiger partial charge in [0, 0.05) is 17.6 Å². The Balaban J connectivity index is 2.47. The maximum absolute atomic E-state index is 10.7. The highest BCUT2D eigenvalue weighted by atomic mass is 32.2. The lowest BCUT2D eigenvalue weighted by atomic mass is 10.1. The Bertz CT molecular complexity index is 615. The van der Waals surface area contributed by atoms with Gasteiger partial charge in [-0.1, -0.05) is 24.8 Å². The SMILES string of the molecule is CCc1cnc(SCC(=O)O)n1-c1cc(C)cc(C)c1. The van der Waals surface area contributed by atoms with E-state index in [0.717, 1.165) is 23.0 Å². The molecule has 0 atom stereocenters. The van der Waals surface area contributed by atoms with Gasteiger partial charge in [-0.15, -0.1) is 0 Å². The van der Waals surface area contributed by atoms with Crippen LogP contribution in [0.2, 0.25) is 0 Å². The number of aliphatic carboxylic acids is 1. The number of aryl methyl sites for hydroxylation is 3. The van der Waals surface area contributed by atoms with Gasteiger partial charge in [0.05, 0.1) is 5.75 Å². The highest BCUT2D eigenvalue weighted by molar-refractivity contribution is 7.99. The number of hydrogen-bond acceptors (Lipinski definition) is 3. The molecule has 0 saturated heterocycles. The first-order valence-corrected chi connectivity index (χ1v) is 7.49. The minimum atomic E-state index is -0.831. The highest BCUT2D eigenvalue weighted by Gasteiger charge is 2.13. The van der Waals surface area contributed by atoms with Crippen molar-refractivity contribution in [3.8, 4) is 5.69 Å². The fraction of sp³-hybridized carbons (Fsp3) is 0.333. The average molecular weight is 290 g/mol. The molecule has 4 nitrogen and oxygen atoms in total. The summed E-state index contributed by atoms with van der Waals surface area (Å²) in [6.07, 6.45) is 2.68. The van der Waals surface area contributed by atoms with E-state index in [2.05, 4.69) is 44.0 Å². The minimum Gasteiger partial charge on any atom is -0.481 e. The molecule has 20 heavy (non-hydrogen) atoms. The first kappa shape index (κ1) is 14.7. The number of aromatic nitrogens is 2. The predicted octanol–water partition coefficient (Wildman–Crippen LogP) is 3.23. The molecule has 0 bridgehead atoms. The van der Waals surface area contributed by atoms with Crippen molar-refractivity contribution in [2.75, 3.05) is 5.75 Å². The average Bonchev–Trinajstić information content (AvgIpc) is 2.77. The summed E-state index contributed by atoms with van der Waals surface area (Å²) in [6.45, 7) is 6.19. The molecule has 1 aromatic heterocycles. The number of hydrogen-bond donors (Lipinski definition) is 1. The van der Waals surface area contributed by atoms with E-state index in [1.54, 1.807) is 0 Å². The Kier molecular flexibility index (Phi) is 4.49. The summed E-state index contributed by atoms with van der Waals surface area (Å²) in [5, 5.41) is 9.56. The molecule has 0 fully saturated rings. The van der Waals surface area contributed by atoms with Crippen LogP contribution in [-0.4, -0.2) is 26.4 Å². The summed E-state index contributed by atoms with van der Waals surface area (Å²) < 4.78 is 2.05. The van der Waals surface area contributed by atoms with Crippen molar-refractivity contribution in [2.45, 2.75) is 32.3 Å². The normalized spacial score (nSPS) is 10.8. The van der Waals surface area contributed by atoms with Gasteiger partial charge in [0.2, 0.25) is 0 Å². The van der Waals surface area contributed by atoms with Gasteiger partial charge in [0.15, 0.2) is 5.16 Å². The number of carboxylic acids is 1. The lowest BCUT2D eigenvalue weighted by Crippen LogP contribution is -2.04. The van der Waals surface area contributed by atoms with E-state index in [1.165, 1.54) is 22.9 Å². The summed E-state index contributed by atoms with van der Waals surface area (Å²) in [5.74, 6) is -0.812. The fourth-order valence-corrected chi connectivity index (χ4v) is 2.93. The van der Waals surface area contributed by atoms with Crippen LogP contribution < -0.4 is 0 Å². The van der Waals surface area contributed by atoms with E-state index in [-0.39, 0.29) is 5.75 Å². The topological polar surface area (TPSA) is 55.1 Å². The Morgan fingerprint density at radius 2 is 1.95 bits per heavy atom. The molecule has 5 heteroatoms. The predicted molar refractivity (Wildman–Crippen MR) is 80.8 cm³/mol. The van der Waals surface area contributed by atoms with Crippen molar-refractivity contribution in [2.24, 2.45) is 0 Å². The van der Waals surface area contributed by atoms with Gasteiger partial charge >= 0.3 is 5.97 Å². The largest absolute Gasteiger partial charge is 0.481 e. The molecular formula is C15H18N2O2S. The van der Waals surface area contributed by atoms with E-state index in [4.69, 9.17) is 5.11 Å². The van der Waals surface area contributed by atoms with Gasteiger partial charge in [-0.3, -0.25) is 9.36 Å². The molecule has 2 aromatic rings. The van der Waals surface area contributed by atoms with Crippen LogP contribution in [0, 0.1) is 13.8 Å².